The summed E-state index contributed by atoms with van der Waals surface area (Å²) in [5.74, 6) is 0.703. The molecule has 0 heterocycles. The van der Waals surface area contributed by atoms with Crippen LogP contribution < -0.4 is 15.4 Å². The maximum absolute atomic E-state index is 12.2. The van der Waals surface area contributed by atoms with E-state index in [0.29, 0.717) is 6.61 Å². The van der Waals surface area contributed by atoms with E-state index in [1.165, 1.54) is 11.1 Å². The molecule has 0 atom stereocenters. The number of amides is 1. The smallest absolute Gasteiger partial charge is 0.243 e. The van der Waals surface area contributed by atoms with Crippen LogP contribution in [0.3, 0.4) is 0 Å². The maximum atomic E-state index is 12.2. The Bertz CT molecular complexity index is 923. The number of nitrogens with one attached hydrogen (secondary N) is 2. The largest absolute Gasteiger partial charge is 0.493 e. The molecular formula is C24H26N2O2. The summed E-state index contributed by atoms with van der Waals surface area (Å²) in [4.78, 5) is 12.2. The summed E-state index contributed by atoms with van der Waals surface area (Å²) < 4.78 is 5.84. The normalized spacial score (nSPS) is 10.4. The van der Waals surface area contributed by atoms with E-state index in [2.05, 4.69) is 29.7 Å². The Morgan fingerprint density at radius 2 is 1.68 bits per heavy atom. The number of aryl methyl sites for hydroxylation is 2. The first-order chi connectivity index (χ1) is 13.6. The van der Waals surface area contributed by atoms with Crippen LogP contribution >= 0.6 is 0 Å². The first kappa shape index (κ1) is 19.5. The summed E-state index contributed by atoms with van der Waals surface area (Å²) >= 11 is 0. The molecule has 0 unspecified atom stereocenters. The van der Waals surface area contributed by atoms with Crippen LogP contribution in [0.2, 0.25) is 0 Å². The highest BCUT2D eigenvalue weighted by atomic mass is 16.5. The van der Waals surface area contributed by atoms with E-state index in [9.17, 15) is 4.79 Å². The lowest BCUT2D eigenvalue weighted by Gasteiger charge is -2.11. The van der Waals surface area contributed by atoms with Gasteiger partial charge >= 0.3 is 0 Å². The van der Waals surface area contributed by atoms with Gasteiger partial charge in [0.15, 0.2) is 0 Å². The van der Waals surface area contributed by atoms with Crippen LogP contribution in [-0.2, 0) is 11.2 Å². The van der Waals surface area contributed by atoms with Crippen LogP contribution in [0, 0.1) is 13.8 Å². The molecule has 144 valence electrons. The van der Waals surface area contributed by atoms with Gasteiger partial charge in [0, 0.05) is 23.9 Å². The Morgan fingerprint density at radius 3 is 2.46 bits per heavy atom. The molecule has 0 radical (unpaired) electrons. The molecule has 0 aliphatic rings. The Morgan fingerprint density at radius 1 is 0.857 bits per heavy atom. The molecule has 3 aromatic rings. The number of benzene rings is 3. The van der Waals surface area contributed by atoms with Gasteiger partial charge in [-0.1, -0.05) is 42.5 Å². The first-order valence-electron chi connectivity index (χ1n) is 9.48. The average Bonchev–Trinajstić information content (AvgIpc) is 2.70. The summed E-state index contributed by atoms with van der Waals surface area (Å²) in [6, 6.07) is 23.8. The molecule has 0 aliphatic carbocycles. The van der Waals surface area contributed by atoms with E-state index < -0.39 is 0 Å². The molecule has 0 spiro atoms. The van der Waals surface area contributed by atoms with Crippen LogP contribution in [0.5, 0.6) is 5.75 Å². The second-order valence-electron chi connectivity index (χ2n) is 6.81. The first-order valence-corrected chi connectivity index (χ1v) is 9.48. The molecule has 0 saturated carbocycles. The number of ether oxygens (including phenoxy) is 1. The highest BCUT2D eigenvalue weighted by Crippen LogP contribution is 2.18. The Labute approximate surface area is 166 Å². The second kappa shape index (κ2) is 9.60. The molecule has 4 nitrogen and oxygen atoms in total. The van der Waals surface area contributed by atoms with Crippen LogP contribution in [0.15, 0.2) is 72.8 Å². The van der Waals surface area contributed by atoms with E-state index in [4.69, 9.17) is 4.74 Å². The van der Waals surface area contributed by atoms with Gasteiger partial charge in [0.2, 0.25) is 5.91 Å². The quantitative estimate of drug-likeness (QED) is 0.585. The molecule has 4 heteroatoms. The molecule has 0 aliphatic heterocycles. The minimum Gasteiger partial charge on any atom is -0.493 e. The van der Waals surface area contributed by atoms with E-state index in [-0.39, 0.29) is 12.5 Å². The Kier molecular flexibility index (Phi) is 6.68. The van der Waals surface area contributed by atoms with E-state index in [1.54, 1.807) is 0 Å². The number of rotatable bonds is 8. The third-order valence-corrected chi connectivity index (χ3v) is 4.58. The Balaban J connectivity index is 1.47. The molecule has 0 fully saturated rings. The van der Waals surface area contributed by atoms with E-state index in [1.807, 2.05) is 67.6 Å². The van der Waals surface area contributed by atoms with Crippen molar-refractivity contribution in [3.05, 3.63) is 89.5 Å². The zero-order valence-electron chi connectivity index (χ0n) is 16.4. The predicted octanol–water partition coefficient (Wildman–Crippen LogP) is 4.98. The minimum absolute atomic E-state index is 0.0846. The van der Waals surface area contributed by atoms with Gasteiger partial charge in [-0.3, -0.25) is 4.79 Å². The molecule has 3 rings (SSSR count). The van der Waals surface area contributed by atoms with Gasteiger partial charge in [-0.15, -0.1) is 0 Å². The van der Waals surface area contributed by atoms with Crippen molar-refractivity contribution < 1.29 is 9.53 Å². The SMILES string of the molecule is Cc1ccc(NC(=O)CNc2cccc(OCCc3ccccc3)c2)cc1C. The molecule has 1 amide bonds. The third-order valence-electron chi connectivity index (χ3n) is 4.58. The standard InChI is InChI=1S/C24H26N2O2/c1-18-11-12-22(15-19(18)2)26-24(27)17-25-21-9-6-10-23(16-21)28-14-13-20-7-4-3-5-8-20/h3-12,15-16,25H,13-14,17H2,1-2H3,(H,26,27). The number of hydrogen-bond acceptors (Lipinski definition) is 3. The zero-order valence-corrected chi connectivity index (χ0v) is 16.4. The molecular weight excluding hydrogens is 348 g/mol. The van der Waals surface area contributed by atoms with Crippen molar-refractivity contribution >= 4 is 17.3 Å². The topological polar surface area (TPSA) is 50.4 Å². The van der Waals surface area contributed by atoms with Crippen molar-refractivity contribution in [3.8, 4) is 5.75 Å². The molecule has 3 aromatic carbocycles. The van der Waals surface area contributed by atoms with Gasteiger partial charge < -0.3 is 15.4 Å². The molecule has 28 heavy (non-hydrogen) atoms. The number of hydrogen-bond donors (Lipinski definition) is 2. The van der Waals surface area contributed by atoms with Gasteiger partial charge in [-0.2, -0.15) is 0 Å². The molecule has 0 aromatic heterocycles. The van der Waals surface area contributed by atoms with Gasteiger partial charge in [0.25, 0.3) is 0 Å². The zero-order chi connectivity index (χ0) is 19.8. The number of anilines is 2. The van der Waals surface area contributed by atoms with Crippen LogP contribution in [0.25, 0.3) is 0 Å². The van der Waals surface area contributed by atoms with Crippen molar-refractivity contribution in [1.29, 1.82) is 0 Å². The van der Waals surface area contributed by atoms with Gasteiger partial charge in [-0.05, 0) is 54.8 Å². The third kappa shape index (κ3) is 5.88. The monoisotopic (exact) mass is 374 g/mol. The summed E-state index contributed by atoms with van der Waals surface area (Å²) in [6.07, 6.45) is 0.858. The van der Waals surface area contributed by atoms with Crippen molar-refractivity contribution in [2.75, 3.05) is 23.8 Å². The van der Waals surface area contributed by atoms with Crippen molar-refractivity contribution in [1.82, 2.24) is 0 Å². The molecule has 2 N–H and O–H groups in total. The van der Waals surface area contributed by atoms with Crippen LogP contribution in [0.4, 0.5) is 11.4 Å². The summed E-state index contributed by atoms with van der Waals surface area (Å²) in [6.45, 7) is 4.89. The van der Waals surface area contributed by atoms with Gasteiger partial charge in [-0.25, -0.2) is 0 Å². The van der Waals surface area contributed by atoms with Crippen molar-refractivity contribution in [2.24, 2.45) is 0 Å². The molecule has 0 saturated heterocycles. The van der Waals surface area contributed by atoms with Crippen molar-refractivity contribution in [2.45, 2.75) is 20.3 Å². The highest BCUT2D eigenvalue weighted by molar-refractivity contribution is 5.93. The number of carbonyl (C=O) groups excluding carboxylic acids is 1. The lowest BCUT2D eigenvalue weighted by molar-refractivity contribution is -0.114. The lowest BCUT2D eigenvalue weighted by Crippen LogP contribution is -2.21. The molecule has 0 bridgehead atoms. The average molecular weight is 374 g/mol. The fourth-order valence-electron chi connectivity index (χ4n) is 2.83. The summed E-state index contributed by atoms with van der Waals surface area (Å²) in [5, 5.41) is 6.06. The van der Waals surface area contributed by atoms with E-state index in [0.717, 1.165) is 29.1 Å². The van der Waals surface area contributed by atoms with Crippen molar-refractivity contribution in [3.63, 3.8) is 0 Å². The highest BCUT2D eigenvalue weighted by Gasteiger charge is 2.04. The minimum atomic E-state index is -0.0846. The maximum Gasteiger partial charge on any atom is 0.243 e. The van der Waals surface area contributed by atoms with Gasteiger partial charge in [0.05, 0.1) is 13.2 Å². The van der Waals surface area contributed by atoms with Gasteiger partial charge in [0.1, 0.15) is 5.75 Å². The lowest BCUT2D eigenvalue weighted by atomic mass is 10.1. The van der Waals surface area contributed by atoms with Crippen LogP contribution in [0.1, 0.15) is 16.7 Å². The second-order valence-corrected chi connectivity index (χ2v) is 6.81. The van der Waals surface area contributed by atoms with E-state index >= 15 is 0 Å². The Hall–Kier alpha value is -3.27. The van der Waals surface area contributed by atoms with Crippen LogP contribution in [-0.4, -0.2) is 19.1 Å². The predicted molar refractivity (Wildman–Crippen MR) is 115 cm³/mol. The summed E-state index contributed by atoms with van der Waals surface area (Å²) in [5.41, 5.74) is 5.28. The summed E-state index contributed by atoms with van der Waals surface area (Å²) in [7, 11) is 0. The number of carbonyl (C=O) groups is 1. The fraction of sp³-hybridized carbons (Fsp3) is 0.208. The fourth-order valence-corrected chi connectivity index (χ4v) is 2.83.